The van der Waals surface area contributed by atoms with Crippen LogP contribution in [0.3, 0.4) is 0 Å². The number of ether oxygens (including phenoxy) is 4. The van der Waals surface area contributed by atoms with E-state index in [0.717, 1.165) is 36.3 Å². The van der Waals surface area contributed by atoms with E-state index in [0.29, 0.717) is 29.0 Å². The van der Waals surface area contributed by atoms with E-state index < -0.39 is 29.2 Å². The van der Waals surface area contributed by atoms with Gasteiger partial charge in [0.2, 0.25) is 0 Å². The third-order valence-corrected chi connectivity index (χ3v) is 7.58. The minimum Gasteiger partial charge on any atom is -0.489 e. The van der Waals surface area contributed by atoms with Gasteiger partial charge in [-0.3, -0.25) is 4.79 Å². The molecule has 0 saturated carbocycles. The highest BCUT2D eigenvalue weighted by Gasteiger charge is 2.23. The molecule has 3 aromatic rings. The van der Waals surface area contributed by atoms with Gasteiger partial charge in [-0.05, 0) is 96.7 Å². The molecule has 4 rings (SSSR count). The first-order valence-corrected chi connectivity index (χ1v) is 16.3. The number of hydrogen-bond acceptors (Lipinski definition) is 7. The van der Waals surface area contributed by atoms with Gasteiger partial charge < -0.3 is 29.2 Å². The maximum atomic E-state index is 16.2. The second-order valence-electron chi connectivity index (χ2n) is 14.1. The summed E-state index contributed by atoms with van der Waals surface area (Å²) in [5.41, 5.74) is 2.60. The molecular formula is C38H49FN2O6. The molecule has 1 fully saturated rings. The van der Waals surface area contributed by atoms with Crippen LogP contribution in [0.2, 0.25) is 0 Å². The highest BCUT2D eigenvalue weighted by molar-refractivity contribution is 5.74. The van der Waals surface area contributed by atoms with Crippen LogP contribution in [0.4, 0.5) is 14.9 Å². The number of benzene rings is 3. The zero-order valence-electron chi connectivity index (χ0n) is 28.9. The fourth-order valence-electron chi connectivity index (χ4n) is 5.49. The van der Waals surface area contributed by atoms with E-state index in [2.05, 4.69) is 10.2 Å². The smallest absolute Gasteiger partial charge is 0.408 e. The Morgan fingerprint density at radius 2 is 1.72 bits per heavy atom. The van der Waals surface area contributed by atoms with Crippen LogP contribution >= 0.6 is 0 Å². The topological polar surface area (TPSA) is 86.3 Å². The first kappa shape index (κ1) is 35.7. The largest absolute Gasteiger partial charge is 0.489 e. The van der Waals surface area contributed by atoms with Gasteiger partial charge in [-0.25, -0.2) is 9.18 Å². The molecule has 1 heterocycles. The van der Waals surface area contributed by atoms with Crippen LogP contribution in [0.15, 0.2) is 60.7 Å². The second kappa shape index (κ2) is 15.2. The zero-order chi connectivity index (χ0) is 34.4. The van der Waals surface area contributed by atoms with Crippen LogP contribution in [0.25, 0.3) is 11.1 Å². The molecule has 1 amide bonds. The Balaban J connectivity index is 1.63. The van der Waals surface area contributed by atoms with Crippen LogP contribution in [0, 0.1) is 5.82 Å². The van der Waals surface area contributed by atoms with Crippen LogP contribution in [0.1, 0.15) is 84.0 Å². The average Bonchev–Trinajstić information content (AvgIpc) is 3.47. The number of amides is 1. The number of esters is 1. The molecule has 9 heteroatoms. The lowest BCUT2D eigenvalue weighted by Crippen LogP contribution is -2.34. The Morgan fingerprint density at radius 1 is 1.00 bits per heavy atom. The van der Waals surface area contributed by atoms with Crippen molar-refractivity contribution < 1.29 is 32.9 Å². The van der Waals surface area contributed by atoms with Gasteiger partial charge in [-0.2, -0.15) is 0 Å². The van der Waals surface area contributed by atoms with Gasteiger partial charge in [0.15, 0.2) is 0 Å². The summed E-state index contributed by atoms with van der Waals surface area (Å²) in [4.78, 5) is 27.1. The van der Waals surface area contributed by atoms with Crippen molar-refractivity contribution in [1.29, 1.82) is 0 Å². The van der Waals surface area contributed by atoms with E-state index in [4.69, 9.17) is 18.9 Å². The molecule has 0 aromatic heterocycles. The summed E-state index contributed by atoms with van der Waals surface area (Å²) in [5.74, 6) is -0.183. The molecule has 0 aliphatic carbocycles. The number of carbonyl (C=O) groups is 2. The third kappa shape index (κ3) is 10.7. The van der Waals surface area contributed by atoms with Gasteiger partial charge in [0.1, 0.15) is 29.4 Å². The summed E-state index contributed by atoms with van der Waals surface area (Å²) < 4.78 is 39.3. The lowest BCUT2D eigenvalue weighted by atomic mass is 9.97. The number of anilines is 1. The lowest BCUT2D eigenvalue weighted by molar-refractivity contribution is -0.153. The lowest BCUT2D eigenvalue weighted by Gasteiger charge is -2.25. The van der Waals surface area contributed by atoms with Gasteiger partial charge in [0, 0.05) is 42.6 Å². The predicted octanol–water partition coefficient (Wildman–Crippen LogP) is 8.16. The number of carbonyl (C=O) groups excluding carboxylic acids is 2. The van der Waals surface area contributed by atoms with Crippen molar-refractivity contribution in [3.8, 4) is 16.9 Å². The summed E-state index contributed by atoms with van der Waals surface area (Å²) >= 11 is 0. The average molecular weight is 649 g/mol. The van der Waals surface area contributed by atoms with Crippen LogP contribution in [-0.4, -0.2) is 49.6 Å². The summed E-state index contributed by atoms with van der Waals surface area (Å²) in [7, 11) is 2.00. The van der Waals surface area contributed by atoms with E-state index in [9.17, 15) is 9.59 Å². The van der Waals surface area contributed by atoms with Crippen molar-refractivity contribution in [2.75, 3.05) is 25.1 Å². The molecule has 8 nitrogen and oxygen atoms in total. The monoisotopic (exact) mass is 648 g/mol. The molecule has 1 N–H and O–H groups in total. The Kier molecular flexibility index (Phi) is 11.6. The van der Waals surface area contributed by atoms with Crippen molar-refractivity contribution >= 4 is 17.7 Å². The Labute approximate surface area is 278 Å². The summed E-state index contributed by atoms with van der Waals surface area (Å²) in [5, 5.41) is 2.75. The quantitative estimate of drug-likeness (QED) is 0.210. The summed E-state index contributed by atoms with van der Waals surface area (Å²) in [6.45, 7) is 14.2. The van der Waals surface area contributed by atoms with Gasteiger partial charge in [0.05, 0.1) is 18.6 Å². The number of halogens is 1. The van der Waals surface area contributed by atoms with E-state index in [-0.39, 0.29) is 25.1 Å². The van der Waals surface area contributed by atoms with Crippen molar-refractivity contribution in [2.24, 2.45) is 0 Å². The van der Waals surface area contributed by atoms with E-state index in [1.54, 1.807) is 45.9 Å². The highest BCUT2D eigenvalue weighted by atomic mass is 19.1. The standard InChI is InChI=1S/C38H49FN2O6/c1-25(40-36(43)47-38(5,6)7)31-15-11-16-32(35(31)39)28-19-26(20-29(21-28)41(8)23-30-14-12-18-44-30)24-45-33-17-10-9-13-27(33)22-34(42)46-37(2,3)4/h9-11,13,15-17,19-21,25,30H,12,14,18,22-24H2,1-8H3,(H,40,43)/t25-,30-/m1/s1. The maximum absolute atomic E-state index is 16.2. The molecule has 47 heavy (non-hydrogen) atoms. The summed E-state index contributed by atoms with van der Waals surface area (Å²) in [6.07, 6.45) is 1.62. The van der Waals surface area contributed by atoms with Crippen molar-refractivity contribution in [1.82, 2.24) is 5.32 Å². The number of hydrogen-bond donors (Lipinski definition) is 1. The van der Waals surface area contributed by atoms with Crippen molar-refractivity contribution in [3.05, 3.63) is 83.2 Å². The number of likely N-dealkylation sites (N-methyl/N-ethyl adjacent to an activating group) is 1. The molecule has 0 unspecified atom stereocenters. The second-order valence-corrected chi connectivity index (χ2v) is 14.1. The first-order chi connectivity index (χ1) is 22.1. The molecular weight excluding hydrogens is 599 g/mol. The van der Waals surface area contributed by atoms with Gasteiger partial charge >= 0.3 is 12.1 Å². The molecule has 0 bridgehead atoms. The van der Waals surface area contributed by atoms with Crippen molar-refractivity contribution in [3.63, 3.8) is 0 Å². The molecule has 1 aliphatic heterocycles. The van der Waals surface area contributed by atoms with E-state index in [1.807, 2.05) is 70.3 Å². The van der Waals surface area contributed by atoms with Gasteiger partial charge in [-0.1, -0.05) is 36.4 Å². The molecule has 1 saturated heterocycles. The van der Waals surface area contributed by atoms with Gasteiger partial charge in [-0.15, -0.1) is 0 Å². The summed E-state index contributed by atoms with van der Waals surface area (Å²) in [6, 6.07) is 17.9. The molecule has 2 atom stereocenters. The number of rotatable bonds is 11. The minimum atomic E-state index is -0.672. The highest BCUT2D eigenvalue weighted by Crippen LogP contribution is 2.33. The number of alkyl carbamates (subject to hydrolysis) is 1. The SMILES string of the molecule is C[C@@H](NC(=O)OC(C)(C)C)c1cccc(-c2cc(COc3ccccc3CC(=O)OC(C)(C)C)cc(N(C)C[C@H]3CCCO3)c2)c1F. The number of nitrogens with one attached hydrogen (secondary N) is 1. The third-order valence-electron chi connectivity index (χ3n) is 7.58. The Bertz CT molecular complexity index is 1540. The number of nitrogens with zero attached hydrogens (tertiary/aromatic N) is 1. The Morgan fingerprint density at radius 3 is 2.40 bits per heavy atom. The fraction of sp³-hybridized carbons (Fsp3) is 0.474. The normalized spacial score (nSPS) is 15.6. The zero-order valence-corrected chi connectivity index (χ0v) is 28.9. The fourth-order valence-corrected chi connectivity index (χ4v) is 5.49. The van der Waals surface area contributed by atoms with Crippen molar-refractivity contribution in [2.45, 2.75) is 97.7 Å². The predicted molar refractivity (Wildman–Crippen MR) is 182 cm³/mol. The van der Waals surface area contributed by atoms with E-state index >= 15 is 4.39 Å². The molecule has 0 spiro atoms. The van der Waals surface area contributed by atoms with Gasteiger partial charge in [0.25, 0.3) is 0 Å². The minimum absolute atomic E-state index is 0.0797. The molecule has 0 radical (unpaired) electrons. The first-order valence-electron chi connectivity index (χ1n) is 16.3. The molecule has 254 valence electrons. The van der Waals surface area contributed by atoms with Crippen LogP contribution < -0.4 is 15.0 Å². The Hall–Kier alpha value is -4.11. The van der Waals surface area contributed by atoms with Crippen LogP contribution in [0.5, 0.6) is 5.75 Å². The van der Waals surface area contributed by atoms with E-state index in [1.165, 1.54) is 0 Å². The molecule has 3 aromatic carbocycles. The van der Waals surface area contributed by atoms with Crippen LogP contribution in [-0.2, 0) is 32.0 Å². The number of para-hydroxylation sites is 1. The molecule has 1 aliphatic rings. The maximum Gasteiger partial charge on any atom is 0.408 e.